The van der Waals surface area contributed by atoms with Gasteiger partial charge in [-0.25, -0.2) is 12.2 Å². The fourth-order valence-electron chi connectivity index (χ4n) is 5.72. The first-order valence-electron chi connectivity index (χ1n) is 13.0. The maximum Gasteiger partial charge on any atom is 4.00 e. The van der Waals surface area contributed by atoms with Crippen molar-refractivity contribution in [3.05, 3.63) is 170 Å². The van der Waals surface area contributed by atoms with Gasteiger partial charge in [0.15, 0.2) is 0 Å². The molecule has 0 nitrogen and oxygen atoms in total. The largest absolute Gasteiger partial charge is 4.00 e. The van der Waals surface area contributed by atoms with Crippen LogP contribution >= 0.6 is 39.8 Å². The quantitative estimate of drug-likeness (QED) is 0.191. The van der Waals surface area contributed by atoms with Crippen molar-refractivity contribution in [2.45, 2.75) is 11.8 Å². The Hall–Kier alpha value is -1.57. The maximum absolute atomic E-state index is 3.77. The van der Waals surface area contributed by atoms with Gasteiger partial charge in [0.1, 0.15) is 0 Å². The molecule has 6 heteroatoms. The van der Waals surface area contributed by atoms with Gasteiger partial charge in [-0.15, -0.1) is 17.2 Å². The summed E-state index contributed by atoms with van der Waals surface area (Å²) in [6.45, 7) is 0. The van der Waals surface area contributed by atoms with Gasteiger partial charge in [-0.1, -0.05) is 169 Å². The van der Waals surface area contributed by atoms with E-state index in [9.17, 15) is 0 Å². The Morgan fingerprint density at radius 1 is 0.524 bits per heavy atom. The number of rotatable bonds is 2. The first-order valence-corrected chi connectivity index (χ1v) is 15.9. The van der Waals surface area contributed by atoms with Gasteiger partial charge in [-0.05, 0) is 18.5 Å². The van der Waals surface area contributed by atoms with Gasteiger partial charge in [0.2, 0.25) is 0 Å². The second-order valence-electron chi connectivity index (χ2n) is 9.80. The van der Waals surface area contributed by atoms with Crippen molar-refractivity contribution in [1.82, 2.24) is 0 Å². The molecule has 5 aromatic carbocycles. The molecule has 4 aliphatic rings. The van der Waals surface area contributed by atoms with E-state index in [0.717, 1.165) is 0 Å². The zero-order chi connectivity index (χ0) is 26.3. The Labute approximate surface area is 297 Å². The van der Waals surface area contributed by atoms with E-state index in [1.165, 1.54) is 58.2 Å². The third-order valence-corrected chi connectivity index (χ3v) is 11.4. The minimum absolute atomic E-state index is 0. The normalized spacial score (nSPS) is 17.7. The van der Waals surface area contributed by atoms with E-state index >= 15 is 0 Å². The van der Waals surface area contributed by atoms with Gasteiger partial charge < -0.3 is 24.8 Å². The Morgan fingerprint density at radius 2 is 1.10 bits per heavy atom. The molecular weight excluding hydrogens is 785 g/mol. The molecule has 2 aliphatic carbocycles. The van der Waals surface area contributed by atoms with E-state index < -0.39 is 7.92 Å². The standard InChI is InChI=1S/C21H13BrP.C15H10Br.2ClH.Zr/c22-19-12-13-20-18-11-10-17(21(18)19)14-6-8-16(9-7-14)23(20)15-4-2-1-3-5-15;16-14-8-4-7-12-9-10-13(15(12)14)11-5-2-1-3-6-11;;;/h1-9,11-13,17H;1-9,13H;2*1H;/q2*-1;;;+4/p-2. The average Bonchev–Trinajstić information content (AvgIpc) is 3.64. The molecule has 0 radical (unpaired) electrons. The summed E-state index contributed by atoms with van der Waals surface area (Å²) in [4.78, 5) is 0. The molecule has 0 aromatic heterocycles. The minimum Gasteiger partial charge on any atom is -1.00 e. The van der Waals surface area contributed by atoms with Crippen LogP contribution in [0.1, 0.15) is 45.2 Å². The van der Waals surface area contributed by atoms with Crippen molar-refractivity contribution < 1.29 is 51.0 Å². The number of hydrogen-bond donors (Lipinski definition) is 0. The molecular formula is C36H23Br2Cl2PZr. The molecule has 2 aliphatic heterocycles. The topological polar surface area (TPSA) is 0 Å². The summed E-state index contributed by atoms with van der Waals surface area (Å²) in [7, 11) is -0.533. The van der Waals surface area contributed by atoms with Crippen LogP contribution in [0.4, 0.5) is 0 Å². The van der Waals surface area contributed by atoms with Crippen molar-refractivity contribution in [2.24, 2.45) is 0 Å². The molecule has 0 saturated carbocycles. The SMILES string of the molecule is Brc1ccc2c3c1C([C-]=C3)c1ccc(cc1)P2c1ccccc1.Brc1cccc2c1C(c1ccccc1)[C-]=C2.[Cl-].[Cl-].[Zr+4]. The van der Waals surface area contributed by atoms with Crippen LogP contribution in [0.2, 0.25) is 0 Å². The maximum atomic E-state index is 3.77. The molecule has 2 heterocycles. The zero-order valence-electron chi connectivity index (χ0n) is 22.2. The number of allylic oxidation sites excluding steroid dienone is 2. The summed E-state index contributed by atoms with van der Waals surface area (Å²) in [5.74, 6) is 0.519. The van der Waals surface area contributed by atoms with Gasteiger partial charge in [0.05, 0.1) is 0 Å². The summed E-state index contributed by atoms with van der Waals surface area (Å²) in [6, 6.07) is 41.3. The van der Waals surface area contributed by atoms with Crippen LogP contribution in [-0.4, -0.2) is 0 Å². The van der Waals surface area contributed by atoms with Crippen molar-refractivity contribution in [3.8, 4) is 0 Å². The van der Waals surface area contributed by atoms with Gasteiger partial charge >= 0.3 is 26.2 Å². The third kappa shape index (κ3) is 6.17. The Balaban J connectivity index is 0.000000190. The summed E-state index contributed by atoms with van der Waals surface area (Å²) in [6.07, 6.45) is 11.3. The Morgan fingerprint density at radius 3 is 1.81 bits per heavy atom. The van der Waals surface area contributed by atoms with E-state index in [-0.39, 0.29) is 62.9 Å². The summed E-state index contributed by atoms with van der Waals surface area (Å²) in [5.41, 5.74) is 7.95. The van der Waals surface area contributed by atoms with Crippen molar-refractivity contribution in [3.63, 3.8) is 0 Å². The number of halogens is 4. The predicted molar refractivity (Wildman–Crippen MR) is 173 cm³/mol. The average molecular weight is 808 g/mol. The van der Waals surface area contributed by atoms with Gasteiger partial charge in [0.25, 0.3) is 0 Å². The van der Waals surface area contributed by atoms with E-state index in [2.05, 4.69) is 165 Å². The molecule has 0 spiro atoms. The molecule has 0 saturated heterocycles. The van der Waals surface area contributed by atoms with Gasteiger partial charge in [0, 0.05) is 8.95 Å². The summed E-state index contributed by atoms with van der Waals surface area (Å²) < 4.78 is 2.36. The number of fused-ring (bicyclic) bond motifs is 3. The molecule has 204 valence electrons. The van der Waals surface area contributed by atoms with Crippen molar-refractivity contribution in [1.29, 1.82) is 0 Å². The minimum atomic E-state index is -0.533. The fraction of sp³-hybridized carbons (Fsp3) is 0.0556. The Bertz CT molecular complexity index is 1740. The van der Waals surface area contributed by atoms with E-state index in [4.69, 9.17) is 0 Å². The van der Waals surface area contributed by atoms with E-state index in [0.29, 0.717) is 0 Å². The second-order valence-corrected chi connectivity index (χ2v) is 13.7. The van der Waals surface area contributed by atoms with Crippen LogP contribution in [0, 0.1) is 12.2 Å². The smallest absolute Gasteiger partial charge is 1.00 e. The van der Waals surface area contributed by atoms with Crippen LogP contribution in [0.3, 0.4) is 0 Å². The van der Waals surface area contributed by atoms with Crippen molar-refractivity contribution in [2.75, 3.05) is 0 Å². The van der Waals surface area contributed by atoms with E-state index in [1.54, 1.807) is 0 Å². The number of benzene rings is 5. The molecule has 0 amide bonds. The van der Waals surface area contributed by atoms with Gasteiger partial charge in [-0.2, -0.15) is 11.1 Å². The fourth-order valence-corrected chi connectivity index (χ4v) is 9.33. The first kappa shape index (κ1) is 33.3. The molecule has 6 bridgehead atoms. The van der Waals surface area contributed by atoms with Crippen molar-refractivity contribution >= 4 is 67.8 Å². The second kappa shape index (κ2) is 14.5. The van der Waals surface area contributed by atoms with Crippen LogP contribution in [0.25, 0.3) is 12.2 Å². The third-order valence-electron chi connectivity index (χ3n) is 7.55. The Kier molecular flexibility index (Phi) is 11.5. The zero-order valence-corrected chi connectivity index (χ0v) is 30.3. The summed E-state index contributed by atoms with van der Waals surface area (Å²) in [5, 5.41) is 4.26. The van der Waals surface area contributed by atoms with Crippen LogP contribution in [0.15, 0.2) is 124 Å². The monoisotopic (exact) mass is 804 g/mol. The molecule has 42 heavy (non-hydrogen) atoms. The predicted octanol–water partition coefficient (Wildman–Crippen LogP) is 2.90. The first-order chi connectivity index (χ1) is 19.2. The number of hydrogen-bond acceptors (Lipinski definition) is 0. The van der Waals surface area contributed by atoms with Crippen LogP contribution in [0.5, 0.6) is 0 Å². The van der Waals surface area contributed by atoms with Crippen LogP contribution < -0.4 is 40.7 Å². The summed E-state index contributed by atoms with van der Waals surface area (Å²) >= 11 is 7.39. The molecule has 0 N–H and O–H groups in total. The molecule has 5 aromatic rings. The molecule has 3 unspecified atom stereocenters. The molecule has 0 fully saturated rings. The van der Waals surface area contributed by atoms with Gasteiger partial charge in [-0.3, -0.25) is 12.2 Å². The molecule has 9 rings (SSSR count). The van der Waals surface area contributed by atoms with Crippen LogP contribution in [-0.2, 0) is 26.2 Å². The molecule has 3 atom stereocenters. The van der Waals surface area contributed by atoms with E-state index in [1.807, 2.05) is 6.07 Å².